The molecule has 0 spiro atoms. The van der Waals surface area contributed by atoms with Crippen molar-refractivity contribution in [2.75, 3.05) is 5.32 Å². The number of rotatable bonds is 4. The Kier molecular flexibility index (Phi) is 3.79. The van der Waals surface area contributed by atoms with Crippen molar-refractivity contribution in [1.29, 1.82) is 0 Å². The van der Waals surface area contributed by atoms with E-state index in [-0.39, 0.29) is 5.91 Å². The van der Waals surface area contributed by atoms with Gasteiger partial charge in [-0.05, 0) is 18.8 Å². The molecule has 1 aromatic heterocycles. The summed E-state index contributed by atoms with van der Waals surface area (Å²) in [6, 6.07) is 2.71. The Balaban J connectivity index is 1.85. The van der Waals surface area contributed by atoms with Crippen LogP contribution in [0.25, 0.3) is 0 Å². The quantitative estimate of drug-likeness (QED) is 0.850. The first-order valence-corrected chi connectivity index (χ1v) is 6.40. The minimum atomic E-state index is 0.0441. The zero-order valence-electron chi connectivity index (χ0n) is 11.1. The van der Waals surface area contributed by atoms with Crippen LogP contribution in [0.2, 0.25) is 0 Å². The lowest BCUT2D eigenvalue weighted by Crippen LogP contribution is -2.49. The van der Waals surface area contributed by atoms with Gasteiger partial charge >= 0.3 is 0 Å². The average molecular weight is 248 g/mol. The molecule has 1 saturated carbocycles. The molecule has 0 atom stereocenters. The lowest BCUT2D eigenvalue weighted by molar-refractivity contribution is -0.120. The van der Waals surface area contributed by atoms with Gasteiger partial charge in [-0.25, -0.2) is 9.97 Å². The maximum Gasteiger partial charge on any atom is 0.217 e. The Morgan fingerprint density at radius 1 is 1.33 bits per heavy atom. The van der Waals surface area contributed by atoms with E-state index in [2.05, 4.69) is 34.4 Å². The highest BCUT2D eigenvalue weighted by atomic mass is 16.1. The van der Waals surface area contributed by atoms with Gasteiger partial charge in [-0.15, -0.1) is 0 Å². The number of carbonyl (C=O) groups excluding carboxylic acids is 1. The zero-order chi connectivity index (χ0) is 13.1. The third-order valence-electron chi connectivity index (χ3n) is 3.18. The van der Waals surface area contributed by atoms with Gasteiger partial charge in [0.1, 0.15) is 12.1 Å². The Labute approximate surface area is 107 Å². The zero-order valence-corrected chi connectivity index (χ0v) is 11.1. The fraction of sp³-hybridized carbons (Fsp3) is 0.615. The van der Waals surface area contributed by atoms with Crippen LogP contribution in [0, 0.1) is 0 Å². The maximum atomic E-state index is 10.9. The van der Waals surface area contributed by atoms with Crippen molar-refractivity contribution in [3.8, 4) is 0 Å². The van der Waals surface area contributed by atoms with Gasteiger partial charge in [-0.2, -0.15) is 0 Å². The Bertz CT molecular complexity index is 427. The van der Waals surface area contributed by atoms with Crippen LogP contribution in [-0.4, -0.2) is 28.0 Å². The molecule has 1 aliphatic rings. The monoisotopic (exact) mass is 248 g/mol. The van der Waals surface area contributed by atoms with Crippen molar-refractivity contribution < 1.29 is 4.79 Å². The molecule has 2 rings (SSSR count). The number of amides is 1. The summed E-state index contributed by atoms with van der Waals surface area (Å²) in [5.74, 6) is 1.32. The van der Waals surface area contributed by atoms with Gasteiger partial charge in [0.25, 0.3) is 0 Å². The fourth-order valence-electron chi connectivity index (χ4n) is 2.12. The van der Waals surface area contributed by atoms with Crippen LogP contribution in [0.5, 0.6) is 0 Å². The van der Waals surface area contributed by atoms with Crippen molar-refractivity contribution >= 4 is 11.7 Å². The van der Waals surface area contributed by atoms with E-state index in [9.17, 15) is 4.79 Å². The van der Waals surface area contributed by atoms with Crippen LogP contribution in [0.4, 0.5) is 5.82 Å². The fourth-order valence-corrected chi connectivity index (χ4v) is 2.12. The van der Waals surface area contributed by atoms with Crippen LogP contribution in [0.3, 0.4) is 0 Å². The van der Waals surface area contributed by atoms with Crippen molar-refractivity contribution in [3.63, 3.8) is 0 Å². The highest BCUT2D eigenvalue weighted by molar-refractivity contribution is 5.73. The molecule has 0 unspecified atom stereocenters. The Morgan fingerprint density at radius 2 is 2.06 bits per heavy atom. The van der Waals surface area contributed by atoms with Gasteiger partial charge in [-0.3, -0.25) is 4.79 Å². The second-order valence-electron chi connectivity index (χ2n) is 5.19. The van der Waals surface area contributed by atoms with Crippen molar-refractivity contribution in [2.24, 2.45) is 0 Å². The predicted molar refractivity (Wildman–Crippen MR) is 70.4 cm³/mol. The first-order chi connectivity index (χ1) is 8.54. The van der Waals surface area contributed by atoms with Gasteiger partial charge in [0.05, 0.1) is 0 Å². The number of nitrogens with one attached hydrogen (secondary N) is 2. The molecule has 0 aromatic carbocycles. The van der Waals surface area contributed by atoms with E-state index >= 15 is 0 Å². The van der Waals surface area contributed by atoms with E-state index in [0.717, 1.165) is 24.4 Å². The summed E-state index contributed by atoms with van der Waals surface area (Å²) in [7, 11) is 0. The number of anilines is 1. The topological polar surface area (TPSA) is 66.9 Å². The minimum Gasteiger partial charge on any atom is -0.367 e. The molecule has 18 heavy (non-hydrogen) atoms. The SMILES string of the molecule is CC(=O)NC1CC(Nc2cc(C(C)C)ncn2)C1. The lowest BCUT2D eigenvalue weighted by Gasteiger charge is -2.36. The lowest BCUT2D eigenvalue weighted by atomic mass is 9.86. The third-order valence-corrected chi connectivity index (χ3v) is 3.18. The number of carbonyl (C=O) groups is 1. The van der Waals surface area contributed by atoms with E-state index in [1.807, 2.05) is 6.07 Å². The Morgan fingerprint density at radius 3 is 2.67 bits per heavy atom. The molecule has 0 aliphatic heterocycles. The molecule has 1 fully saturated rings. The molecule has 2 N–H and O–H groups in total. The molecule has 5 nitrogen and oxygen atoms in total. The van der Waals surface area contributed by atoms with Crippen LogP contribution < -0.4 is 10.6 Å². The molecule has 98 valence electrons. The molecule has 1 aliphatic carbocycles. The van der Waals surface area contributed by atoms with Crippen molar-refractivity contribution in [2.45, 2.75) is 51.6 Å². The smallest absolute Gasteiger partial charge is 0.217 e. The van der Waals surface area contributed by atoms with Crippen LogP contribution in [0.1, 0.15) is 45.2 Å². The minimum absolute atomic E-state index is 0.0441. The van der Waals surface area contributed by atoms with E-state index < -0.39 is 0 Å². The number of hydrogen-bond donors (Lipinski definition) is 2. The van der Waals surface area contributed by atoms with Gasteiger partial charge in [0.15, 0.2) is 0 Å². The summed E-state index contributed by atoms with van der Waals surface area (Å²) in [5.41, 5.74) is 1.05. The summed E-state index contributed by atoms with van der Waals surface area (Å²) in [6.07, 6.45) is 3.52. The average Bonchev–Trinajstić information content (AvgIpc) is 2.26. The number of hydrogen-bond acceptors (Lipinski definition) is 4. The highest BCUT2D eigenvalue weighted by Gasteiger charge is 2.29. The highest BCUT2D eigenvalue weighted by Crippen LogP contribution is 2.24. The molecular formula is C13H20N4O. The Hall–Kier alpha value is -1.65. The number of nitrogens with zero attached hydrogens (tertiary/aromatic N) is 2. The van der Waals surface area contributed by atoms with Crippen molar-refractivity contribution in [3.05, 3.63) is 18.1 Å². The molecule has 1 amide bonds. The largest absolute Gasteiger partial charge is 0.367 e. The third kappa shape index (κ3) is 3.18. The first-order valence-electron chi connectivity index (χ1n) is 6.40. The van der Waals surface area contributed by atoms with Gasteiger partial charge in [0, 0.05) is 30.8 Å². The second-order valence-corrected chi connectivity index (χ2v) is 5.19. The standard InChI is InChI=1S/C13H20N4O/c1-8(2)12-6-13(15-7-14-12)17-11-4-10(5-11)16-9(3)18/h6-8,10-11H,4-5H2,1-3H3,(H,16,18)(H,14,15,17). The molecule has 5 heteroatoms. The second kappa shape index (κ2) is 5.33. The van der Waals surface area contributed by atoms with Crippen LogP contribution in [0.15, 0.2) is 12.4 Å². The van der Waals surface area contributed by atoms with Gasteiger partial charge in [0.2, 0.25) is 5.91 Å². The summed E-state index contributed by atoms with van der Waals surface area (Å²) in [6.45, 7) is 5.78. The van der Waals surface area contributed by atoms with E-state index in [1.165, 1.54) is 0 Å². The van der Waals surface area contributed by atoms with Gasteiger partial charge in [-0.1, -0.05) is 13.8 Å². The predicted octanol–water partition coefficient (Wildman–Crippen LogP) is 1.68. The van der Waals surface area contributed by atoms with Gasteiger partial charge < -0.3 is 10.6 Å². The van der Waals surface area contributed by atoms with E-state index in [4.69, 9.17) is 0 Å². The first kappa shape index (κ1) is 12.8. The maximum absolute atomic E-state index is 10.9. The molecule has 0 bridgehead atoms. The summed E-state index contributed by atoms with van der Waals surface area (Å²) in [4.78, 5) is 19.3. The molecule has 1 aromatic rings. The number of aromatic nitrogens is 2. The summed E-state index contributed by atoms with van der Waals surface area (Å²) in [5, 5.41) is 6.29. The van der Waals surface area contributed by atoms with Crippen molar-refractivity contribution in [1.82, 2.24) is 15.3 Å². The van der Waals surface area contributed by atoms with Crippen LogP contribution >= 0.6 is 0 Å². The molecule has 0 saturated heterocycles. The molecular weight excluding hydrogens is 228 g/mol. The molecule has 0 radical (unpaired) electrons. The summed E-state index contributed by atoms with van der Waals surface area (Å²) < 4.78 is 0. The van der Waals surface area contributed by atoms with Crippen LogP contribution in [-0.2, 0) is 4.79 Å². The molecule has 1 heterocycles. The van der Waals surface area contributed by atoms with E-state index in [1.54, 1.807) is 13.3 Å². The van der Waals surface area contributed by atoms with E-state index in [0.29, 0.717) is 18.0 Å². The normalized spacial score (nSPS) is 22.4. The summed E-state index contributed by atoms with van der Waals surface area (Å²) >= 11 is 0.